The van der Waals surface area contributed by atoms with Crippen LogP contribution in [-0.2, 0) is 0 Å². The van der Waals surface area contributed by atoms with E-state index in [-0.39, 0.29) is 0 Å². The molecule has 0 aliphatic heterocycles. The average molecular weight is 192 g/mol. The summed E-state index contributed by atoms with van der Waals surface area (Å²) < 4.78 is 5.79. The molecule has 14 heavy (non-hydrogen) atoms. The first-order valence-electron chi connectivity index (χ1n) is 5.44. The molecule has 1 aromatic rings. The maximum atomic E-state index is 5.79. The van der Waals surface area contributed by atoms with Crippen LogP contribution >= 0.6 is 0 Å². The molecule has 0 heterocycles. The van der Waals surface area contributed by atoms with Crippen molar-refractivity contribution >= 4 is 0 Å². The van der Waals surface area contributed by atoms with Gasteiger partial charge in [0.15, 0.2) is 0 Å². The minimum Gasteiger partial charge on any atom is -0.491 e. The van der Waals surface area contributed by atoms with E-state index in [4.69, 9.17) is 4.74 Å². The lowest BCUT2D eigenvalue weighted by Crippen LogP contribution is -2.15. The first-order chi connectivity index (χ1) is 6.72. The Morgan fingerprint density at radius 3 is 2.36 bits per heavy atom. The molecule has 0 bridgehead atoms. The van der Waals surface area contributed by atoms with Crippen LogP contribution in [0.3, 0.4) is 0 Å². The van der Waals surface area contributed by atoms with Gasteiger partial charge >= 0.3 is 0 Å². The summed E-state index contributed by atoms with van der Waals surface area (Å²) in [6, 6.07) is 10.0. The summed E-state index contributed by atoms with van der Waals surface area (Å²) in [5.41, 5.74) is 0. The van der Waals surface area contributed by atoms with Crippen molar-refractivity contribution in [1.29, 1.82) is 0 Å². The zero-order valence-electron chi connectivity index (χ0n) is 9.36. The number of rotatable bonds is 5. The Balaban J connectivity index is 2.37. The van der Waals surface area contributed by atoms with Crippen molar-refractivity contribution in [2.75, 3.05) is 0 Å². The highest BCUT2D eigenvalue weighted by molar-refractivity contribution is 5.21. The molecule has 0 N–H and O–H groups in total. The van der Waals surface area contributed by atoms with E-state index >= 15 is 0 Å². The van der Waals surface area contributed by atoms with Gasteiger partial charge in [-0.05, 0) is 31.4 Å². The lowest BCUT2D eigenvalue weighted by Gasteiger charge is -2.17. The summed E-state index contributed by atoms with van der Waals surface area (Å²) in [6.07, 6.45) is 2.67. The van der Waals surface area contributed by atoms with Crippen LogP contribution in [0.2, 0.25) is 0 Å². The molecule has 0 radical (unpaired) electrons. The Hall–Kier alpha value is -0.980. The lowest BCUT2D eigenvalue weighted by atomic mass is 10.0. The third-order valence-corrected chi connectivity index (χ3v) is 2.51. The molecule has 0 amide bonds. The van der Waals surface area contributed by atoms with E-state index in [0.29, 0.717) is 6.10 Å². The van der Waals surface area contributed by atoms with Gasteiger partial charge in [0.2, 0.25) is 0 Å². The summed E-state index contributed by atoms with van der Waals surface area (Å²) in [5.74, 6) is 1.72. The third-order valence-electron chi connectivity index (χ3n) is 2.51. The zero-order valence-corrected chi connectivity index (χ0v) is 9.36. The second-order valence-corrected chi connectivity index (χ2v) is 3.99. The summed E-state index contributed by atoms with van der Waals surface area (Å²) in [5, 5.41) is 0. The summed E-state index contributed by atoms with van der Waals surface area (Å²) in [6.45, 7) is 6.63. The predicted octanol–water partition coefficient (Wildman–Crippen LogP) is 3.89. The van der Waals surface area contributed by atoms with E-state index in [1.54, 1.807) is 0 Å². The van der Waals surface area contributed by atoms with Crippen LogP contribution in [0.4, 0.5) is 0 Å². The summed E-state index contributed by atoms with van der Waals surface area (Å²) in [7, 11) is 0. The van der Waals surface area contributed by atoms with Gasteiger partial charge in [0.25, 0.3) is 0 Å². The fourth-order valence-electron chi connectivity index (χ4n) is 1.51. The molecule has 0 saturated carbocycles. The van der Waals surface area contributed by atoms with Crippen molar-refractivity contribution in [3.05, 3.63) is 30.3 Å². The Labute approximate surface area is 87.1 Å². The highest BCUT2D eigenvalue weighted by Crippen LogP contribution is 2.16. The van der Waals surface area contributed by atoms with Crippen molar-refractivity contribution in [3.8, 4) is 5.75 Å². The van der Waals surface area contributed by atoms with Crippen molar-refractivity contribution in [2.45, 2.75) is 39.7 Å². The zero-order chi connectivity index (χ0) is 10.4. The normalized spacial score (nSPS) is 14.8. The van der Waals surface area contributed by atoms with Crippen LogP contribution in [0.25, 0.3) is 0 Å². The van der Waals surface area contributed by atoms with Gasteiger partial charge in [0.05, 0.1) is 6.10 Å². The highest BCUT2D eigenvalue weighted by Gasteiger charge is 2.07. The molecule has 1 nitrogen and oxygen atoms in total. The molecular formula is C13H20O. The third kappa shape index (κ3) is 3.82. The molecule has 0 aliphatic rings. The molecule has 0 aromatic heterocycles. The van der Waals surface area contributed by atoms with Gasteiger partial charge in [-0.2, -0.15) is 0 Å². The largest absolute Gasteiger partial charge is 0.491 e. The molecule has 1 rings (SSSR count). The van der Waals surface area contributed by atoms with Gasteiger partial charge in [-0.1, -0.05) is 38.5 Å². The first kappa shape index (κ1) is 11.1. The number of hydrogen-bond acceptors (Lipinski definition) is 1. The number of para-hydroxylation sites is 1. The quantitative estimate of drug-likeness (QED) is 0.687. The van der Waals surface area contributed by atoms with Gasteiger partial charge in [-0.3, -0.25) is 0 Å². The van der Waals surface area contributed by atoms with Crippen LogP contribution in [0.1, 0.15) is 33.6 Å². The van der Waals surface area contributed by atoms with Crippen LogP contribution in [-0.4, -0.2) is 6.10 Å². The van der Waals surface area contributed by atoms with Crippen LogP contribution < -0.4 is 4.74 Å². The van der Waals surface area contributed by atoms with E-state index in [1.165, 1.54) is 6.42 Å². The van der Waals surface area contributed by atoms with E-state index in [9.17, 15) is 0 Å². The van der Waals surface area contributed by atoms with Gasteiger partial charge < -0.3 is 4.74 Å². The minimum atomic E-state index is 0.312. The maximum absolute atomic E-state index is 5.79. The van der Waals surface area contributed by atoms with Crippen molar-refractivity contribution < 1.29 is 4.74 Å². The Morgan fingerprint density at radius 1 is 1.14 bits per heavy atom. The Morgan fingerprint density at radius 2 is 1.79 bits per heavy atom. The monoisotopic (exact) mass is 192 g/mol. The fraction of sp³-hybridized carbons (Fsp3) is 0.538. The Bertz CT molecular complexity index is 243. The number of ether oxygens (including phenoxy) is 1. The van der Waals surface area contributed by atoms with Crippen molar-refractivity contribution in [1.82, 2.24) is 0 Å². The summed E-state index contributed by atoms with van der Waals surface area (Å²) >= 11 is 0. The van der Waals surface area contributed by atoms with Gasteiger partial charge in [-0.15, -0.1) is 0 Å². The predicted molar refractivity (Wildman–Crippen MR) is 60.6 cm³/mol. The number of hydrogen-bond donors (Lipinski definition) is 0. The van der Waals surface area contributed by atoms with Crippen molar-refractivity contribution in [3.63, 3.8) is 0 Å². The molecule has 0 fully saturated rings. The van der Waals surface area contributed by atoms with Gasteiger partial charge in [0, 0.05) is 0 Å². The molecule has 0 saturated heterocycles. The first-order valence-corrected chi connectivity index (χ1v) is 5.44. The molecule has 1 aromatic carbocycles. The van der Waals surface area contributed by atoms with E-state index in [0.717, 1.165) is 18.1 Å². The van der Waals surface area contributed by atoms with E-state index in [1.807, 2.05) is 30.3 Å². The standard InChI is InChI=1S/C13H20O/c1-4-11(2)10-12(3)14-13-8-6-5-7-9-13/h5-9,11-12H,4,10H2,1-3H3. The van der Waals surface area contributed by atoms with E-state index < -0.39 is 0 Å². The van der Waals surface area contributed by atoms with Crippen LogP contribution in [0.5, 0.6) is 5.75 Å². The molecule has 78 valence electrons. The number of benzene rings is 1. The average Bonchev–Trinajstić information content (AvgIpc) is 2.19. The molecule has 2 unspecified atom stereocenters. The second-order valence-electron chi connectivity index (χ2n) is 3.99. The lowest BCUT2D eigenvalue weighted by molar-refractivity contribution is 0.188. The topological polar surface area (TPSA) is 9.23 Å². The molecule has 0 aliphatic carbocycles. The minimum absolute atomic E-state index is 0.312. The fourth-order valence-corrected chi connectivity index (χ4v) is 1.51. The molecular weight excluding hydrogens is 172 g/mol. The van der Waals surface area contributed by atoms with Gasteiger partial charge in [-0.25, -0.2) is 0 Å². The van der Waals surface area contributed by atoms with E-state index in [2.05, 4.69) is 20.8 Å². The van der Waals surface area contributed by atoms with Crippen LogP contribution in [0.15, 0.2) is 30.3 Å². The molecule has 0 spiro atoms. The molecule has 2 atom stereocenters. The van der Waals surface area contributed by atoms with Crippen molar-refractivity contribution in [2.24, 2.45) is 5.92 Å². The Kier molecular flexibility index (Phi) is 4.51. The SMILES string of the molecule is CCC(C)CC(C)Oc1ccccc1. The highest BCUT2D eigenvalue weighted by atomic mass is 16.5. The molecule has 1 heteroatoms. The van der Waals surface area contributed by atoms with Gasteiger partial charge in [0.1, 0.15) is 5.75 Å². The second kappa shape index (κ2) is 5.69. The smallest absolute Gasteiger partial charge is 0.119 e. The maximum Gasteiger partial charge on any atom is 0.119 e. The van der Waals surface area contributed by atoms with Crippen LogP contribution in [0, 0.1) is 5.92 Å². The summed E-state index contributed by atoms with van der Waals surface area (Å²) in [4.78, 5) is 0.